The lowest BCUT2D eigenvalue weighted by Crippen LogP contribution is -2.25. The van der Waals surface area contributed by atoms with Crippen molar-refractivity contribution in [1.82, 2.24) is 4.90 Å². The van der Waals surface area contributed by atoms with Crippen LogP contribution in [-0.4, -0.2) is 24.4 Å². The molecule has 0 bridgehead atoms. The van der Waals surface area contributed by atoms with Gasteiger partial charge in [0.25, 0.3) is 0 Å². The van der Waals surface area contributed by atoms with Crippen molar-refractivity contribution in [3.05, 3.63) is 42.0 Å². The Morgan fingerprint density at radius 3 is 2.50 bits per heavy atom. The van der Waals surface area contributed by atoms with Crippen molar-refractivity contribution in [2.45, 2.75) is 20.3 Å². The number of likely N-dealkylation sites (N-methyl/N-ethyl adjacent to an activating group) is 1. The predicted molar refractivity (Wildman–Crippen MR) is 68.0 cm³/mol. The Hall–Kier alpha value is -1.57. The number of hydrogen-bond donors (Lipinski definition) is 0. The molecule has 1 rings (SSSR count). The topological polar surface area (TPSA) is 20.3 Å². The fraction of sp³-hybridized carbons (Fsp3) is 0.357. The summed E-state index contributed by atoms with van der Waals surface area (Å²) in [5.74, 6) is 0.178. The Bertz CT molecular complexity index is 368. The summed E-state index contributed by atoms with van der Waals surface area (Å²) in [4.78, 5) is 13.1. The summed E-state index contributed by atoms with van der Waals surface area (Å²) < 4.78 is 0. The van der Waals surface area contributed by atoms with E-state index in [1.807, 2.05) is 32.2 Å². The Morgan fingerprint density at radius 1 is 1.31 bits per heavy atom. The number of hydrogen-bond acceptors (Lipinski definition) is 1. The van der Waals surface area contributed by atoms with E-state index in [1.54, 1.807) is 4.90 Å². The first-order valence-corrected chi connectivity index (χ1v) is 5.61. The van der Waals surface area contributed by atoms with Gasteiger partial charge in [0.05, 0.1) is 0 Å². The second-order valence-corrected chi connectivity index (χ2v) is 3.88. The van der Waals surface area contributed by atoms with E-state index in [0.717, 1.165) is 0 Å². The summed E-state index contributed by atoms with van der Waals surface area (Å²) in [6.45, 7) is 4.62. The van der Waals surface area contributed by atoms with Gasteiger partial charge in [0.1, 0.15) is 0 Å². The number of amides is 1. The fourth-order valence-corrected chi connectivity index (χ4v) is 1.46. The minimum Gasteiger partial charge on any atom is -0.342 e. The van der Waals surface area contributed by atoms with Gasteiger partial charge in [-0.3, -0.25) is 4.79 Å². The van der Waals surface area contributed by atoms with Crippen molar-refractivity contribution in [2.24, 2.45) is 0 Å². The molecule has 86 valence electrons. The van der Waals surface area contributed by atoms with Gasteiger partial charge in [-0.15, -0.1) is 0 Å². The van der Waals surface area contributed by atoms with Crippen LogP contribution in [0.15, 0.2) is 36.4 Å². The van der Waals surface area contributed by atoms with E-state index in [2.05, 4.69) is 25.1 Å². The molecule has 0 radical (unpaired) electrons. The average Bonchev–Trinajstić information content (AvgIpc) is 2.35. The second-order valence-electron chi connectivity index (χ2n) is 3.88. The van der Waals surface area contributed by atoms with Crippen molar-refractivity contribution in [3.63, 3.8) is 0 Å². The number of allylic oxidation sites excluding steroid dienone is 1. The molecule has 2 heteroatoms. The monoisotopic (exact) mass is 217 g/mol. The maximum absolute atomic E-state index is 11.4. The van der Waals surface area contributed by atoms with E-state index in [9.17, 15) is 4.79 Å². The number of carbonyl (C=O) groups is 1. The van der Waals surface area contributed by atoms with Crippen LogP contribution in [-0.2, 0) is 4.79 Å². The van der Waals surface area contributed by atoms with E-state index in [1.165, 1.54) is 11.1 Å². The van der Waals surface area contributed by atoms with E-state index in [4.69, 9.17) is 0 Å². The lowest BCUT2D eigenvalue weighted by atomic mass is 10.1. The highest BCUT2D eigenvalue weighted by molar-refractivity contribution is 5.76. The van der Waals surface area contributed by atoms with Gasteiger partial charge in [0.2, 0.25) is 5.91 Å². The molecule has 0 aliphatic carbocycles. The molecule has 0 unspecified atom stereocenters. The molecule has 0 spiro atoms. The normalized spacial score (nSPS) is 11.3. The standard InChI is InChI=1S/C14H19NO/c1-4-14(16)15(3)11-10-12(2)13-8-6-5-7-9-13/h5-10H,4,11H2,1-3H3/b12-10+. The molecule has 1 aromatic carbocycles. The van der Waals surface area contributed by atoms with Crippen LogP contribution in [0.5, 0.6) is 0 Å². The van der Waals surface area contributed by atoms with Crippen molar-refractivity contribution in [2.75, 3.05) is 13.6 Å². The Labute approximate surface area is 97.6 Å². The molecule has 1 amide bonds. The first kappa shape index (κ1) is 12.5. The SMILES string of the molecule is CCC(=O)N(C)C/C=C(\C)c1ccccc1. The van der Waals surface area contributed by atoms with Crippen LogP contribution < -0.4 is 0 Å². The van der Waals surface area contributed by atoms with Gasteiger partial charge >= 0.3 is 0 Å². The molecule has 0 heterocycles. The van der Waals surface area contributed by atoms with Crippen LogP contribution in [0.25, 0.3) is 5.57 Å². The van der Waals surface area contributed by atoms with Gasteiger partial charge in [-0.1, -0.05) is 43.3 Å². The number of rotatable bonds is 4. The Kier molecular flexibility index (Phi) is 4.77. The van der Waals surface area contributed by atoms with E-state index >= 15 is 0 Å². The predicted octanol–water partition coefficient (Wildman–Crippen LogP) is 2.96. The molecule has 0 aromatic heterocycles. The Morgan fingerprint density at radius 2 is 1.94 bits per heavy atom. The molecule has 1 aromatic rings. The van der Waals surface area contributed by atoms with Gasteiger partial charge in [-0.2, -0.15) is 0 Å². The van der Waals surface area contributed by atoms with Crippen LogP contribution in [0.4, 0.5) is 0 Å². The molecule has 0 saturated heterocycles. The third-order valence-electron chi connectivity index (χ3n) is 2.63. The summed E-state index contributed by atoms with van der Waals surface area (Å²) in [6, 6.07) is 10.2. The zero-order valence-corrected chi connectivity index (χ0v) is 10.2. The van der Waals surface area contributed by atoms with Crippen LogP contribution in [0, 0.1) is 0 Å². The maximum atomic E-state index is 11.4. The molecule has 0 saturated carbocycles. The minimum atomic E-state index is 0.178. The van der Waals surface area contributed by atoms with Crippen molar-refractivity contribution in [3.8, 4) is 0 Å². The summed E-state index contributed by atoms with van der Waals surface area (Å²) >= 11 is 0. The first-order chi connectivity index (χ1) is 7.65. The van der Waals surface area contributed by atoms with E-state index < -0.39 is 0 Å². The third kappa shape index (κ3) is 3.54. The van der Waals surface area contributed by atoms with Crippen LogP contribution in [0.3, 0.4) is 0 Å². The highest BCUT2D eigenvalue weighted by Crippen LogP contribution is 2.12. The van der Waals surface area contributed by atoms with Gasteiger partial charge in [-0.05, 0) is 18.1 Å². The van der Waals surface area contributed by atoms with Crippen molar-refractivity contribution in [1.29, 1.82) is 0 Å². The molecule has 16 heavy (non-hydrogen) atoms. The molecule has 0 aliphatic heterocycles. The van der Waals surface area contributed by atoms with Gasteiger partial charge in [-0.25, -0.2) is 0 Å². The van der Waals surface area contributed by atoms with Crippen LogP contribution >= 0.6 is 0 Å². The molecular formula is C14H19NO. The molecule has 0 aliphatic rings. The minimum absolute atomic E-state index is 0.178. The molecular weight excluding hydrogens is 198 g/mol. The number of benzene rings is 1. The zero-order valence-electron chi connectivity index (χ0n) is 10.2. The highest BCUT2D eigenvalue weighted by Gasteiger charge is 2.03. The average molecular weight is 217 g/mol. The van der Waals surface area contributed by atoms with Gasteiger partial charge in [0, 0.05) is 20.0 Å². The fourth-order valence-electron chi connectivity index (χ4n) is 1.46. The van der Waals surface area contributed by atoms with Crippen molar-refractivity contribution >= 4 is 11.5 Å². The van der Waals surface area contributed by atoms with Crippen molar-refractivity contribution < 1.29 is 4.79 Å². The smallest absolute Gasteiger partial charge is 0.222 e. The summed E-state index contributed by atoms with van der Waals surface area (Å²) in [7, 11) is 1.83. The van der Waals surface area contributed by atoms with Crippen LogP contribution in [0.1, 0.15) is 25.8 Å². The highest BCUT2D eigenvalue weighted by atomic mass is 16.2. The molecule has 0 N–H and O–H groups in total. The molecule has 0 fully saturated rings. The van der Waals surface area contributed by atoms with E-state index in [-0.39, 0.29) is 5.91 Å². The number of carbonyl (C=O) groups excluding carboxylic acids is 1. The lowest BCUT2D eigenvalue weighted by molar-refractivity contribution is -0.129. The van der Waals surface area contributed by atoms with Gasteiger partial charge < -0.3 is 4.90 Å². The summed E-state index contributed by atoms with van der Waals surface area (Å²) in [6.07, 6.45) is 2.65. The summed E-state index contributed by atoms with van der Waals surface area (Å²) in [5.41, 5.74) is 2.41. The third-order valence-corrected chi connectivity index (χ3v) is 2.63. The lowest BCUT2D eigenvalue weighted by Gasteiger charge is -2.14. The molecule has 0 atom stereocenters. The molecule has 2 nitrogen and oxygen atoms in total. The van der Waals surface area contributed by atoms with Gasteiger partial charge in [0.15, 0.2) is 0 Å². The summed E-state index contributed by atoms with van der Waals surface area (Å²) in [5, 5.41) is 0. The van der Waals surface area contributed by atoms with Crippen LogP contribution in [0.2, 0.25) is 0 Å². The maximum Gasteiger partial charge on any atom is 0.222 e. The first-order valence-electron chi connectivity index (χ1n) is 5.61. The quantitative estimate of drug-likeness (QED) is 0.759. The zero-order chi connectivity index (χ0) is 12.0. The van der Waals surface area contributed by atoms with E-state index in [0.29, 0.717) is 13.0 Å². The Balaban J connectivity index is 2.62. The second kappa shape index (κ2) is 6.11. The number of nitrogens with zero attached hydrogens (tertiary/aromatic N) is 1. The largest absolute Gasteiger partial charge is 0.342 e.